The van der Waals surface area contributed by atoms with Gasteiger partial charge in [-0.05, 0) is 48.8 Å². The van der Waals surface area contributed by atoms with Gasteiger partial charge < -0.3 is 10.5 Å². The van der Waals surface area contributed by atoms with E-state index in [9.17, 15) is 0 Å². The first kappa shape index (κ1) is 17.5. The molecule has 0 aromatic heterocycles. The van der Waals surface area contributed by atoms with Crippen molar-refractivity contribution in [2.24, 2.45) is 5.73 Å². The normalized spacial score (nSPS) is 14.3. The van der Waals surface area contributed by atoms with Crippen LogP contribution in [0.25, 0.3) is 0 Å². The highest BCUT2D eigenvalue weighted by Gasteiger charge is 2.22. The summed E-state index contributed by atoms with van der Waals surface area (Å²) in [6, 6.07) is 8.53. The zero-order chi connectivity index (χ0) is 16.1. The minimum atomic E-state index is -0.719. The average Bonchev–Trinajstić information content (AvgIpc) is 2.42. The molecule has 0 fully saturated rings. The van der Waals surface area contributed by atoms with Crippen LogP contribution in [0.1, 0.15) is 58.1 Å². The van der Waals surface area contributed by atoms with E-state index < -0.39 is 5.54 Å². The minimum Gasteiger partial charge on any atom is -0.493 e. The number of aryl methyl sites for hydroxylation is 1. The van der Waals surface area contributed by atoms with Crippen LogP contribution in [0, 0.1) is 18.3 Å². The van der Waals surface area contributed by atoms with Crippen LogP contribution in [-0.2, 0) is 5.41 Å². The monoisotopic (exact) mass is 288 g/mol. The minimum absolute atomic E-state index is 0.0523. The molecule has 1 unspecified atom stereocenters. The molecule has 0 amide bonds. The highest BCUT2D eigenvalue weighted by Crippen LogP contribution is 2.32. The van der Waals surface area contributed by atoms with Gasteiger partial charge in [0.05, 0.1) is 12.7 Å². The van der Waals surface area contributed by atoms with Crippen molar-refractivity contribution < 1.29 is 4.74 Å². The summed E-state index contributed by atoms with van der Waals surface area (Å²) in [4.78, 5) is 0. The van der Waals surface area contributed by atoms with Gasteiger partial charge in [0.15, 0.2) is 0 Å². The quantitative estimate of drug-likeness (QED) is 0.802. The Morgan fingerprint density at radius 3 is 2.48 bits per heavy atom. The summed E-state index contributed by atoms with van der Waals surface area (Å²) >= 11 is 0. The van der Waals surface area contributed by atoms with E-state index in [4.69, 9.17) is 15.7 Å². The number of benzene rings is 1. The fourth-order valence-corrected chi connectivity index (χ4v) is 2.25. The van der Waals surface area contributed by atoms with E-state index in [1.165, 1.54) is 11.1 Å². The summed E-state index contributed by atoms with van der Waals surface area (Å²) in [7, 11) is 0. The second kappa shape index (κ2) is 6.95. The van der Waals surface area contributed by atoms with E-state index in [0.29, 0.717) is 19.4 Å². The molecule has 0 aliphatic carbocycles. The predicted molar refractivity (Wildman–Crippen MR) is 87.4 cm³/mol. The predicted octanol–water partition coefficient (Wildman–Crippen LogP) is 4.08. The van der Waals surface area contributed by atoms with Crippen molar-refractivity contribution in [1.29, 1.82) is 5.26 Å². The lowest BCUT2D eigenvalue weighted by atomic mass is 9.86. The highest BCUT2D eigenvalue weighted by molar-refractivity contribution is 5.41. The van der Waals surface area contributed by atoms with Gasteiger partial charge in [-0.15, -0.1) is 0 Å². The third-order valence-electron chi connectivity index (χ3n) is 3.82. The molecule has 0 spiro atoms. The molecule has 1 aromatic carbocycles. The van der Waals surface area contributed by atoms with Gasteiger partial charge in [0.1, 0.15) is 11.3 Å². The van der Waals surface area contributed by atoms with Crippen LogP contribution in [0.4, 0.5) is 0 Å². The number of hydrogen-bond acceptors (Lipinski definition) is 3. The van der Waals surface area contributed by atoms with Crippen molar-refractivity contribution in [2.75, 3.05) is 6.61 Å². The Morgan fingerprint density at radius 1 is 1.29 bits per heavy atom. The Kier molecular flexibility index (Phi) is 5.80. The van der Waals surface area contributed by atoms with Crippen molar-refractivity contribution in [3.8, 4) is 11.8 Å². The number of nitrogens with two attached hydrogens (primary N) is 1. The van der Waals surface area contributed by atoms with E-state index in [0.717, 1.165) is 12.2 Å². The van der Waals surface area contributed by atoms with Crippen molar-refractivity contribution >= 4 is 0 Å². The first-order valence-electron chi connectivity index (χ1n) is 7.66. The maximum Gasteiger partial charge on any atom is 0.123 e. The topological polar surface area (TPSA) is 59.0 Å². The van der Waals surface area contributed by atoms with Crippen molar-refractivity contribution in [3.63, 3.8) is 0 Å². The zero-order valence-electron chi connectivity index (χ0n) is 14.0. The first-order chi connectivity index (χ1) is 9.72. The smallest absolute Gasteiger partial charge is 0.123 e. The van der Waals surface area contributed by atoms with Gasteiger partial charge in [0.25, 0.3) is 0 Å². The molecule has 2 N–H and O–H groups in total. The molecular weight excluding hydrogens is 260 g/mol. The Labute approximate surface area is 129 Å². The highest BCUT2D eigenvalue weighted by atomic mass is 16.5. The molecule has 0 saturated heterocycles. The first-order valence-corrected chi connectivity index (χ1v) is 7.66. The van der Waals surface area contributed by atoms with Gasteiger partial charge in [-0.1, -0.05) is 39.8 Å². The summed E-state index contributed by atoms with van der Waals surface area (Å²) in [6.45, 7) is 11.2. The number of rotatable bonds is 6. The van der Waals surface area contributed by atoms with Crippen LogP contribution in [0.2, 0.25) is 0 Å². The third-order valence-corrected chi connectivity index (χ3v) is 3.82. The van der Waals surface area contributed by atoms with Crippen LogP contribution >= 0.6 is 0 Å². The lowest BCUT2D eigenvalue weighted by Gasteiger charge is -2.24. The SMILES string of the molecule is CCC(N)(C#N)CCCOc1cc(C)ccc1C(C)(C)C. The number of nitrogens with zero attached hydrogens (tertiary/aromatic N) is 1. The number of hydrogen-bond donors (Lipinski definition) is 1. The van der Waals surface area contributed by atoms with Crippen molar-refractivity contribution in [3.05, 3.63) is 29.3 Å². The Hall–Kier alpha value is -1.53. The van der Waals surface area contributed by atoms with E-state index in [1.54, 1.807) is 0 Å². The largest absolute Gasteiger partial charge is 0.493 e. The fraction of sp³-hybridized carbons (Fsp3) is 0.611. The second-order valence-electron chi connectivity index (χ2n) is 6.82. The van der Waals surface area contributed by atoms with E-state index in [-0.39, 0.29) is 5.41 Å². The lowest BCUT2D eigenvalue weighted by Crippen LogP contribution is -2.37. The van der Waals surface area contributed by atoms with Crippen LogP contribution in [0.15, 0.2) is 18.2 Å². The van der Waals surface area contributed by atoms with E-state index in [2.05, 4.69) is 52.0 Å². The molecule has 0 saturated carbocycles. The van der Waals surface area contributed by atoms with Crippen molar-refractivity contribution in [1.82, 2.24) is 0 Å². The summed E-state index contributed by atoms with van der Waals surface area (Å²) < 4.78 is 5.96. The van der Waals surface area contributed by atoms with Gasteiger partial charge in [0.2, 0.25) is 0 Å². The Bertz CT molecular complexity index is 511. The average molecular weight is 288 g/mol. The third kappa shape index (κ3) is 5.06. The summed E-state index contributed by atoms with van der Waals surface area (Å²) in [6.07, 6.45) is 2.12. The molecule has 3 heteroatoms. The zero-order valence-corrected chi connectivity index (χ0v) is 14.0. The molecule has 3 nitrogen and oxygen atoms in total. The lowest BCUT2D eigenvalue weighted by molar-refractivity contribution is 0.285. The van der Waals surface area contributed by atoms with E-state index in [1.807, 2.05) is 6.92 Å². The van der Waals surface area contributed by atoms with Gasteiger partial charge >= 0.3 is 0 Å². The molecule has 0 aliphatic rings. The van der Waals surface area contributed by atoms with Gasteiger partial charge in [-0.2, -0.15) is 5.26 Å². The number of ether oxygens (including phenoxy) is 1. The summed E-state index contributed by atoms with van der Waals surface area (Å²) in [5, 5.41) is 9.07. The van der Waals surface area contributed by atoms with Crippen molar-refractivity contribution in [2.45, 2.75) is 64.8 Å². The standard InChI is InChI=1S/C18H28N2O/c1-6-18(20,13-19)10-7-11-21-16-12-14(2)8-9-15(16)17(3,4)5/h8-9,12H,6-7,10-11,20H2,1-5H3. The molecule has 1 atom stereocenters. The molecule has 21 heavy (non-hydrogen) atoms. The molecular formula is C18H28N2O. The second-order valence-corrected chi connectivity index (χ2v) is 6.82. The van der Waals surface area contributed by atoms with Gasteiger partial charge in [0, 0.05) is 0 Å². The van der Waals surface area contributed by atoms with Gasteiger partial charge in [-0.3, -0.25) is 0 Å². The molecule has 0 aliphatic heterocycles. The molecule has 0 radical (unpaired) electrons. The van der Waals surface area contributed by atoms with Gasteiger partial charge in [-0.25, -0.2) is 0 Å². The Balaban J connectivity index is 2.68. The number of nitriles is 1. The van der Waals surface area contributed by atoms with Crippen LogP contribution < -0.4 is 10.5 Å². The fourth-order valence-electron chi connectivity index (χ4n) is 2.25. The maximum absolute atomic E-state index is 9.07. The molecule has 116 valence electrons. The van der Waals surface area contributed by atoms with Crippen LogP contribution in [0.5, 0.6) is 5.75 Å². The van der Waals surface area contributed by atoms with Crippen LogP contribution in [-0.4, -0.2) is 12.1 Å². The van der Waals surface area contributed by atoms with Crippen LogP contribution in [0.3, 0.4) is 0 Å². The van der Waals surface area contributed by atoms with E-state index >= 15 is 0 Å². The summed E-state index contributed by atoms with van der Waals surface area (Å²) in [5.74, 6) is 0.943. The molecule has 0 heterocycles. The molecule has 1 aromatic rings. The summed E-state index contributed by atoms with van der Waals surface area (Å²) in [5.41, 5.74) is 7.72. The maximum atomic E-state index is 9.07. The molecule has 0 bridgehead atoms. The molecule has 1 rings (SSSR count). The Morgan fingerprint density at radius 2 is 1.95 bits per heavy atom.